The van der Waals surface area contributed by atoms with Crippen LogP contribution in [-0.2, 0) is 0 Å². The Labute approximate surface area is 89.9 Å². The second-order valence-corrected chi connectivity index (χ2v) is 3.60. The first kappa shape index (κ1) is 12.1. The van der Waals surface area contributed by atoms with Crippen molar-refractivity contribution < 1.29 is 8.78 Å². The molecule has 0 aliphatic carbocycles. The van der Waals surface area contributed by atoms with Gasteiger partial charge < -0.3 is 0 Å². The lowest BCUT2D eigenvalue weighted by atomic mass is 10.2. The molecule has 1 radical (unpaired) electrons. The lowest BCUT2D eigenvalue weighted by Crippen LogP contribution is -2.49. The lowest BCUT2D eigenvalue weighted by Gasteiger charge is -2.35. The smallest absolute Gasteiger partial charge is 0.184 e. The van der Waals surface area contributed by atoms with Gasteiger partial charge in [-0.2, -0.15) is 0 Å². The van der Waals surface area contributed by atoms with Gasteiger partial charge in [0.15, 0.2) is 11.5 Å². The average molecular weight is 213 g/mol. The molecule has 0 heterocycles. The van der Waals surface area contributed by atoms with Crippen LogP contribution in [-0.4, -0.2) is 19.6 Å². The summed E-state index contributed by atoms with van der Waals surface area (Å²) in [5.41, 5.74) is 0.398. The first-order valence-electron chi connectivity index (χ1n) is 5.20. The van der Waals surface area contributed by atoms with Crippen LogP contribution in [0.4, 0.5) is 14.5 Å². The molecule has 15 heavy (non-hydrogen) atoms. The van der Waals surface area contributed by atoms with Gasteiger partial charge in [-0.15, -0.1) is 0 Å². The Kier molecular flexibility index (Phi) is 3.80. The van der Waals surface area contributed by atoms with E-state index in [-0.39, 0.29) is 5.82 Å². The topological polar surface area (TPSA) is 0 Å². The zero-order valence-corrected chi connectivity index (χ0v) is 9.26. The zero-order chi connectivity index (χ0) is 11.5. The predicted molar refractivity (Wildman–Crippen MR) is 59.5 cm³/mol. The first-order valence-corrected chi connectivity index (χ1v) is 5.20. The third-order valence-electron chi connectivity index (χ3n) is 3.06. The van der Waals surface area contributed by atoms with E-state index >= 15 is 0 Å². The van der Waals surface area contributed by atoms with Crippen molar-refractivity contribution in [3.8, 4) is 0 Å². The van der Waals surface area contributed by atoms with Gasteiger partial charge in [0, 0.05) is 13.0 Å². The molecule has 1 nitrogen and oxygen atoms in total. The van der Waals surface area contributed by atoms with E-state index in [2.05, 4.69) is 6.92 Å². The quantitative estimate of drug-likeness (QED) is 0.674. The zero-order valence-electron chi connectivity index (χ0n) is 9.26. The molecule has 0 fully saturated rings. The highest BCUT2D eigenvalue weighted by molar-refractivity contribution is 5.44. The number of hydrogen-bond donors (Lipinski definition) is 0. The van der Waals surface area contributed by atoms with E-state index in [1.54, 1.807) is 0 Å². The molecule has 1 rings (SSSR count). The van der Waals surface area contributed by atoms with Crippen LogP contribution in [0.1, 0.15) is 13.8 Å². The van der Waals surface area contributed by atoms with Crippen LogP contribution < -0.4 is 4.48 Å². The van der Waals surface area contributed by atoms with Crippen molar-refractivity contribution in [1.29, 1.82) is 0 Å². The average Bonchev–Trinajstić information content (AvgIpc) is 2.26. The SMILES string of the molecule is [CH2]C[N+](CC)(CC)c1cc(F)ccc1F. The molecule has 0 amide bonds. The maximum atomic E-state index is 13.6. The fraction of sp³-hybridized carbons (Fsp3) is 0.417. The molecular weight excluding hydrogens is 196 g/mol. The fourth-order valence-electron chi connectivity index (χ4n) is 1.85. The number of rotatable bonds is 4. The van der Waals surface area contributed by atoms with Crippen molar-refractivity contribution in [2.24, 2.45) is 0 Å². The van der Waals surface area contributed by atoms with Crippen LogP contribution in [0.15, 0.2) is 18.2 Å². The molecule has 0 atom stereocenters. The summed E-state index contributed by atoms with van der Waals surface area (Å²) >= 11 is 0. The third kappa shape index (κ3) is 2.17. The highest BCUT2D eigenvalue weighted by atomic mass is 19.1. The summed E-state index contributed by atoms with van der Waals surface area (Å²) in [4.78, 5) is 0. The summed E-state index contributed by atoms with van der Waals surface area (Å²) in [5, 5.41) is 0. The van der Waals surface area contributed by atoms with Crippen molar-refractivity contribution in [2.75, 3.05) is 19.6 Å². The Bertz CT molecular complexity index is 324. The molecule has 83 valence electrons. The van der Waals surface area contributed by atoms with Gasteiger partial charge in [0.1, 0.15) is 5.82 Å². The normalized spacial score (nSPS) is 11.8. The summed E-state index contributed by atoms with van der Waals surface area (Å²) < 4.78 is 27.1. The Hall–Kier alpha value is -0.960. The number of halogens is 2. The van der Waals surface area contributed by atoms with Crippen LogP contribution in [0.25, 0.3) is 0 Å². The summed E-state index contributed by atoms with van der Waals surface area (Å²) in [6.07, 6.45) is 0. The standard InChI is InChI=1S/C12H17F2N/c1-4-15(5-2,6-3)12-9-10(13)7-8-11(12)14/h7-9H,1,4-6H2,2-3H3/q+1. The number of hydrogen-bond acceptors (Lipinski definition) is 0. The highest BCUT2D eigenvalue weighted by Crippen LogP contribution is 2.26. The van der Waals surface area contributed by atoms with E-state index in [4.69, 9.17) is 0 Å². The number of nitrogens with zero attached hydrogens (tertiary/aromatic N) is 1. The first-order chi connectivity index (χ1) is 7.09. The molecule has 0 saturated heterocycles. The molecule has 3 heteroatoms. The summed E-state index contributed by atoms with van der Waals surface area (Å²) in [5.74, 6) is -0.756. The monoisotopic (exact) mass is 213 g/mol. The summed E-state index contributed by atoms with van der Waals surface area (Å²) in [7, 11) is 0. The predicted octanol–water partition coefficient (Wildman–Crippen LogP) is 3.15. The van der Waals surface area contributed by atoms with E-state index in [1.807, 2.05) is 13.8 Å². The van der Waals surface area contributed by atoms with Crippen LogP contribution >= 0.6 is 0 Å². The molecule has 0 unspecified atom stereocenters. The summed E-state index contributed by atoms with van der Waals surface area (Å²) in [6.45, 7) is 9.68. The van der Waals surface area contributed by atoms with E-state index in [0.29, 0.717) is 29.8 Å². The van der Waals surface area contributed by atoms with E-state index in [0.717, 1.165) is 6.07 Å². The molecule has 0 N–H and O–H groups in total. The van der Waals surface area contributed by atoms with Crippen molar-refractivity contribution >= 4 is 5.69 Å². The second kappa shape index (κ2) is 4.71. The van der Waals surface area contributed by atoms with Gasteiger partial charge >= 0.3 is 0 Å². The second-order valence-electron chi connectivity index (χ2n) is 3.60. The highest BCUT2D eigenvalue weighted by Gasteiger charge is 2.28. The van der Waals surface area contributed by atoms with Gasteiger partial charge in [-0.3, -0.25) is 4.48 Å². The van der Waals surface area contributed by atoms with E-state index < -0.39 is 5.82 Å². The molecule has 0 spiro atoms. The largest absolute Gasteiger partial charge is 0.289 e. The number of quaternary nitrogens is 1. The molecule has 0 aliphatic rings. The van der Waals surface area contributed by atoms with E-state index in [9.17, 15) is 8.78 Å². The Morgan fingerprint density at radius 2 is 1.80 bits per heavy atom. The van der Waals surface area contributed by atoms with Gasteiger partial charge in [0.05, 0.1) is 19.6 Å². The van der Waals surface area contributed by atoms with Crippen LogP contribution in [0, 0.1) is 18.6 Å². The third-order valence-corrected chi connectivity index (χ3v) is 3.06. The van der Waals surface area contributed by atoms with Crippen molar-refractivity contribution in [3.63, 3.8) is 0 Å². The maximum Gasteiger partial charge on any atom is 0.184 e. The molecule has 1 aromatic rings. The molecule has 0 aliphatic heterocycles. The van der Waals surface area contributed by atoms with Gasteiger partial charge in [0.2, 0.25) is 0 Å². The Morgan fingerprint density at radius 1 is 1.20 bits per heavy atom. The summed E-state index contributed by atoms with van der Waals surface area (Å²) in [6, 6.07) is 3.59. The lowest BCUT2D eigenvalue weighted by molar-refractivity contribution is 0.317. The van der Waals surface area contributed by atoms with Crippen molar-refractivity contribution in [2.45, 2.75) is 13.8 Å². The Morgan fingerprint density at radius 3 is 2.27 bits per heavy atom. The minimum atomic E-state index is -0.399. The molecular formula is C12H17F2N+. The van der Waals surface area contributed by atoms with Gasteiger partial charge in [-0.25, -0.2) is 8.78 Å². The molecule has 1 aromatic carbocycles. The van der Waals surface area contributed by atoms with Crippen LogP contribution in [0.3, 0.4) is 0 Å². The fourth-order valence-corrected chi connectivity index (χ4v) is 1.85. The molecule has 0 aromatic heterocycles. The molecule has 0 bridgehead atoms. The minimum absolute atomic E-state index is 0.358. The van der Waals surface area contributed by atoms with Crippen molar-refractivity contribution in [3.05, 3.63) is 36.8 Å². The van der Waals surface area contributed by atoms with Gasteiger partial charge in [-0.05, 0) is 26.0 Å². The Balaban J connectivity index is 3.27. The van der Waals surface area contributed by atoms with Gasteiger partial charge in [0.25, 0.3) is 0 Å². The number of benzene rings is 1. The van der Waals surface area contributed by atoms with Gasteiger partial charge in [-0.1, -0.05) is 0 Å². The maximum absolute atomic E-state index is 13.6. The van der Waals surface area contributed by atoms with Crippen molar-refractivity contribution in [1.82, 2.24) is 4.48 Å². The van der Waals surface area contributed by atoms with Crippen LogP contribution in [0.5, 0.6) is 0 Å². The van der Waals surface area contributed by atoms with Crippen LogP contribution in [0.2, 0.25) is 0 Å². The minimum Gasteiger partial charge on any atom is -0.289 e. The molecule has 0 saturated carbocycles. The van der Waals surface area contributed by atoms with E-state index in [1.165, 1.54) is 12.1 Å².